The average Bonchev–Trinajstić information content (AvgIpc) is 2.82. The molecule has 1 aromatic heterocycles. The van der Waals surface area contributed by atoms with Crippen LogP contribution in [0.1, 0.15) is 9.67 Å². The van der Waals surface area contributed by atoms with Crippen LogP contribution in [-0.2, 0) is 0 Å². The lowest BCUT2D eigenvalue weighted by molar-refractivity contribution is 0.0796. The first kappa shape index (κ1) is 15.6. The lowest BCUT2D eigenvalue weighted by atomic mass is 10.2. The molecule has 0 saturated heterocycles. The zero-order chi connectivity index (χ0) is 15.4. The molecule has 5 heteroatoms. The minimum atomic E-state index is -0.111. The van der Waals surface area contributed by atoms with Crippen molar-refractivity contribution in [3.05, 3.63) is 53.4 Å². The van der Waals surface area contributed by atoms with Crippen LogP contribution in [0.4, 0.5) is 0 Å². The Kier molecular flexibility index (Phi) is 5.04. The summed E-state index contributed by atoms with van der Waals surface area (Å²) in [6, 6.07) is 5.59. The summed E-state index contributed by atoms with van der Waals surface area (Å²) in [5.74, 6) is 0.633. The summed E-state index contributed by atoms with van der Waals surface area (Å²) in [6.45, 7) is 8.26. The van der Waals surface area contributed by atoms with Crippen molar-refractivity contribution in [2.75, 3.05) is 20.2 Å². The number of carbonyl (C=O) groups is 1. The van der Waals surface area contributed by atoms with Gasteiger partial charge < -0.3 is 9.64 Å². The number of hydrogen-bond acceptors (Lipinski definition) is 3. The molecule has 0 spiro atoms. The molecule has 0 N–H and O–H groups in total. The Hall–Kier alpha value is -1.78. The quantitative estimate of drug-likeness (QED) is 0.739. The Morgan fingerprint density at radius 2 is 2.05 bits per heavy atom. The number of amides is 1. The molecule has 2 rings (SSSR count). The van der Waals surface area contributed by atoms with E-state index in [1.807, 2.05) is 18.2 Å². The highest BCUT2D eigenvalue weighted by molar-refractivity contribution is 7.21. The van der Waals surface area contributed by atoms with Gasteiger partial charge in [-0.3, -0.25) is 4.79 Å². The first-order valence-corrected chi connectivity index (χ1v) is 7.59. The van der Waals surface area contributed by atoms with Gasteiger partial charge in [-0.15, -0.1) is 24.5 Å². The minimum Gasteiger partial charge on any atom is -0.497 e. The van der Waals surface area contributed by atoms with Gasteiger partial charge in [-0.05, 0) is 18.2 Å². The monoisotopic (exact) mass is 321 g/mol. The number of fused-ring (bicyclic) bond motifs is 1. The van der Waals surface area contributed by atoms with Crippen LogP contribution in [0.2, 0.25) is 5.02 Å². The minimum absolute atomic E-state index is 0.111. The molecule has 21 heavy (non-hydrogen) atoms. The highest BCUT2D eigenvalue weighted by Gasteiger charge is 2.21. The number of hydrogen-bond donors (Lipinski definition) is 0. The third-order valence-corrected chi connectivity index (χ3v) is 4.66. The number of halogens is 1. The van der Waals surface area contributed by atoms with E-state index < -0.39 is 0 Å². The Morgan fingerprint density at radius 1 is 1.38 bits per heavy atom. The predicted molar refractivity (Wildman–Crippen MR) is 89.7 cm³/mol. The molecule has 2 aromatic rings. The van der Waals surface area contributed by atoms with E-state index in [4.69, 9.17) is 16.3 Å². The fraction of sp³-hybridized carbons (Fsp3) is 0.188. The van der Waals surface area contributed by atoms with Crippen molar-refractivity contribution in [1.29, 1.82) is 0 Å². The molecule has 1 aromatic carbocycles. The second-order valence-corrected chi connectivity index (χ2v) is 5.82. The van der Waals surface area contributed by atoms with Crippen LogP contribution in [0.15, 0.2) is 43.5 Å². The third-order valence-electron chi connectivity index (χ3n) is 3.02. The average molecular weight is 322 g/mol. The largest absolute Gasteiger partial charge is 0.497 e. The van der Waals surface area contributed by atoms with E-state index in [-0.39, 0.29) is 5.91 Å². The standard InChI is InChI=1S/C16H16ClNO2S/c1-4-8-18(9-5-2)16(19)15-14(17)12-7-6-11(20-3)10-13(12)21-15/h4-7,10H,1-2,8-9H2,3H3. The van der Waals surface area contributed by atoms with Gasteiger partial charge in [-0.1, -0.05) is 23.8 Å². The van der Waals surface area contributed by atoms with E-state index in [0.717, 1.165) is 15.8 Å². The molecule has 0 saturated carbocycles. The first-order valence-electron chi connectivity index (χ1n) is 6.39. The summed E-state index contributed by atoms with van der Waals surface area (Å²) >= 11 is 7.73. The van der Waals surface area contributed by atoms with Gasteiger partial charge in [-0.25, -0.2) is 0 Å². The number of rotatable bonds is 6. The molecule has 0 aliphatic carbocycles. The topological polar surface area (TPSA) is 29.5 Å². The smallest absolute Gasteiger partial charge is 0.266 e. The SMILES string of the molecule is C=CCN(CC=C)C(=O)c1sc2cc(OC)ccc2c1Cl. The second-order valence-electron chi connectivity index (χ2n) is 4.39. The van der Waals surface area contributed by atoms with Crippen LogP contribution in [0.25, 0.3) is 10.1 Å². The van der Waals surface area contributed by atoms with Gasteiger partial charge in [0.2, 0.25) is 0 Å². The number of nitrogens with zero attached hydrogens (tertiary/aromatic N) is 1. The highest BCUT2D eigenvalue weighted by atomic mass is 35.5. The molecule has 3 nitrogen and oxygen atoms in total. The first-order chi connectivity index (χ1) is 10.1. The molecule has 0 fully saturated rings. The molecule has 0 atom stereocenters. The van der Waals surface area contributed by atoms with Gasteiger partial charge in [0.25, 0.3) is 5.91 Å². The summed E-state index contributed by atoms with van der Waals surface area (Å²) in [5.41, 5.74) is 0. The highest BCUT2D eigenvalue weighted by Crippen LogP contribution is 2.37. The van der Waals surface area contributed by atoms with Crippen molar-refractivity contribution in [1.82, 2.24) is 4.90 Å². The van der Waals surface area contributed by atoms with E-state index in [1.165, 1.54) is 11.3 Å². The number of carbonyl (C=O) groups excluding carboxylic acids is 1. The van der Waals surface area contributed by atoms with Crippen molar-refractivity contribution in [3.63, 3.8) is 0 Å². The zero-order valence-corrected chi connectivity index (χ0v) is 13.3. The van der Waals surface area contributed by atoms with E-state index in [1.54, 1.807) is 24.2 Å². The number of ether oxygens (including phenoxy) is 1. The maximum atomic E-state index is 12.6. The Balaban J connectivity index is 2.44. The molecule has 1 amide bonds. The van der Waals surface area contributed by atoms with Crippen LogP contribution < -0.4 is 4.74 Å². The van der Waals surface area contributed by atoms with Gasteiger partial charge in [0.1, 0.15) is 10.6 Å². The zero-order valence-electron chi connectivity index (χ0n) is 11.8. The van der Waals surface area contributed by atoms with Crippen molar-refractivity contribution < 1.29 is 9.53 Å². The summed E-state index contributed by atoms with van der Waals surface area (Å²) in [6.07, 6.45) is 3.37. The summed E-state index contributed by atoms with van der Waals surface area (Å²) in [5, 5.41) is 1.35. The lowest BCUT2D eigenvalue weighted by Gasteiger charge is -2.18. The van der Waals surface area contributed by atoms with Crippen LogP contribution >= 0.6 is 22.9 Å². The van der Waals surface area contributed by atoms with Gasteiger partial charge in [0.15, 0.2) is 0 Å². The molecule has 0 aliphatic heterocycles. The van der Waals surface area contributed by atoms with Crippen LogP contribution in [-0.4, -0.2) is 31.0 Å². The molecule has 0 aliphatic rings. The van der Waals surface area contributed by atoms with Gasteiger partial charge in [0, 0.05) is 23.2 Å². The van der Waals surface area contributed by atoms with Gasteiger partial charge in [-0.2, -0.15) is 0 Å². The molecular weight excluding hydrogens is 306 g/mol. The van der Waals surface area contributed by atoms with Crippen molar-refractivity contribution in [3.8, 4) is 5.75 Å². The number of benzene rings is 1. The van der Waals surface area contributed by atoms with Gasteiger partial charge >= 0.3 is 0 Å². The molecule has 0 bridgehead atoms. The Labute approximate surface area is 133 Å². The maximum absolute atomic E-state index is 12.6. The summed E-state index contributed by atoms with van der Waals surface area (Å²) in [7, 11) is 1.61. The van der Waals surface area contributed by atoms with Crippen LogP contribution in [0.3, 0.4) is 0 Å². The van der Waals surface area contributed by atoms with Crippen molar-refractivity contribution >= 4 is 38.9 Å². The second kappa shape index (κ2) is 6.78. The number of thiophene rings is 1. The summed E-state index contributed by atoms with van der Waals surface area (Å²) < 4.78 is 6.13. The van der Waals surface area contributed by atoms with E-state index in [0.29, 0.717) is 23.0 Å². The van der Waals surface area contributed by atoms with Crippen molar-refractivity contribution in [2.45, 2.75) is 0 Å². The van der Waals surface area contributed by atoms with Crippen LogP contribution in [0, 0.1) is 0 Å². The third kappa shape index (κ3) is 3.12. The fourth-order valence-corrected chi connectivity index (χ4v) is 3.51. The number of methoxy groups -OCH3 is 1. The van der Waals surface area contributed by atoms with E-state index >= 15 is 0 Å². The molecule has 1 heterocycles. The molecule has 0 radical (unpaired) electrons. The summed E-state index contributed by atoms with van der Waals surface area (Å²) in [4.78, 5) is 14.8. The fourth-order valence-electron chi connectivity index (χ4n) is 2.01. The van der Waals surface area contributed by atoms with E-state index in [2.05, 4.69) is 13.2 Å². The lowest BCUT2D eigenvalue weighted by Crippen LogP contribution is -2.30. The van der Waals surface area contributed by atoms with Crippen LogP contribution in [0.5, 0.6) is 5.75 Å². The van der Waals surface area contributed by atoms with Gasteiger partial charge in [0.05, 0.1) is 12.1 Å². The van der Waals surface area contributed by atoms with E-state index in [9.17, 15) is 4.79 Å². The Morgan fingerprint density at radius 3 is 2.62 bits per heavy atom. The molecular formula is C16H16ClNO2S. The molecule has 0 unspecified atom stereocenters. The normalized spacial score (nSPS) is 10.4. The maximum Gasteiger partial charge on any atom is 0.266 e. The Bertz CT molecular complexity index is 683. The molecule has 110 valence electrons. The van der Waals surface area contributed by atoms with Crippen molar-refractivity contribution in [2.24, 2.45) is 0 Å². The predicted octanol–water partition coefficient (Wildman–Crippen LogP) is 4.38.